The fourth-order valence-electron chi connectivity index (χ4n) is 10.7. The van der Waals surface area contributed by atoms with Gasteiger partial charge in [0.1, 0.15) is 0 Å². The quantitative estimate of drug-likeness (QED) is 0.145. The predicted molar refractivity (Wildman–Crippen MR) is 293 cm³/mol. The van der Waals surface area contributed by atoms with Crippen molar-refractivity contribution in [1.82, 2.24) is 28.2 Å². The number of fused-ring (bicyclic) bond motifs is 7. The Hall–Kier alpha value is -9.16. The fraction of sp³-hybridized carbons (Fsp3) is 0. The molecule has 0 aliphatic heterocycles. The van der Waals surface area contributed by atoms with Gasteiger partial charge in [-0.1, -0.05) is 36.4 Å². The van der Waals surface area contributed by atoms with E-state index in [0.717, 1.165) is 104 Å². The molecule has 0 radical (unpaired) electrons. The van der Waals surface area contributed by atoms with Crippen LogP contribution in [0.5, 0.6) is 11.5 Å². The van der Waals surface area contributed by atoms with Gasteiger partial charge in [-0.25, -0.2) is 0 Å². The molecule has 5 heterocycles. The Morgan fingerprint density at radius 2 is 0.918 bits per heavy atom. The molecule has 14 aromatic rings. The van der Waals surface area contributed by atoms with Crippen LogP contribution in [0.2, 0.25) is 0 Å². The van der Waals surface area contributed by atoms with Gasteiger partial charge in [0.05, 0.1) is 11.0 Å². The first-order valence-electron chi connectivity index (χ1n) is 24.3. The first kappa shape index (κ1) is 42.7. The van der Waals surface area contributed by atoms with Crippen molar-refractivity contribution in [2.45, 2.75) is 0 Å². The molecular weight excluding hydrogens is 1080 g/mol. The molecule has 0 unspecified atom stereocenters. The fourth-order valence-corrected chi connectivity index (χ4v) is 11.8. The second kappa shape index (κ2) is 17.6. The molecule has 348 valence electrons. The zero-order chi connectivity index (χ0) is 48.4. The van der Waals surface area contributed by atoms with E-state index >= 15 is 0 Å². The predicted octanol–water partition coefficient (Wildman–Crippen LogP) is 16.3. The SMILES string of the molecule is [Pt]=[c]1n(-c2cccc(Oc3ccc4c5cc(-n6c7ccccc7c7ccccc76)ccc5n(-c5ccc(-c6ccncc6)cn5)c4c3)c2)c2ccccc2n1-c1c(-c2ccccc2)cccc1-c1ccccc1. The summed E-state index contributed by atoms with van der Waals surface area (Å²) in [6.07, 6.45) is 5.57. The van der Waals surface area contributed by atoms with Gasteiger partial charge < -0.3 is 4.57 Å². The van der Waals surface area contributed by atoms with E-state index in [1.807, 2.05) is 36.8 Å². The normalized spacial score (nSPS) is 11.6. The molecule has 0 amide bonds. The molecule has 14 rings (SSSR count). The van der Waals surface area contributed by atoms with E-state index in [4.69, 9.17) is 9.72 Å². The number of benzene rings is 9. The van der Waals surface area contributed by atoms with Crippen molar-refractivity contribution in [3.63, 3.8) is 0 Å². The van der Waals surface area contributed by atoms with Gasteiger partial charge in [0.2, 0.25) is 0 Å². The van der Waals surface area contributed by atoms with Crippen LogP contribution in [0.25, 0.3) is 111 Å². The van der Waals surface area contributed by atoms with Gasteiger partial charge in [0.25, 0.3) is 0 Å². The van der Waals surface area contributed by atoms with Gasteiger partial charge in [-0.05, 0) is 42.0 Å². The van der Waals surface area contributed by atoms with Crippen molar-refractivity contribution < 1.29 is 24.1 Å². The van der Waals surface area contributed by atoms with Gasteiger partial charge in [-0.2, -0.15) is 0 Å². The van der Waals surface area contributed by atoms with Crippen LogP contribution < -0.4 is 4.74 Å². The molecule has 7 nitrogen and oxygen atoms in total. The number of hydrogen-bond donors (Lipinski definition) is 0. The van der Waals surface area contributed by atoms with Crippen LogP contribution in [0.3, 0.4) is 0 Å². The monoisotopic (exact) mass is 1120 g/mol. The summed E-state index contributed by atoms with van der Waals surface area (Å²) < 4.78 is 17.3. The maximum atomic E-state index is 6.92. The minimum absolute atomic E-state index is 0.719. The van der Waals surface area contributed by atoms with Crippen molar-refractivity contribution in [1.29, 1.82) is 0 Å². The Kier molecular flexibility index (Phi) is 10.3. The molecule has 8 heteroatoms. The summed E-state index contributed by atoms with van der Waals surface area (Å²) in [5.41, 5.74) is 16.5. The number of pyridine rings is 2. The Balaban J connectivity index is 0.903. The van der Waals surface area contributed by atoms with E-state index in [1.54, 1.807) is 0 Å². The van der Waals surface area contributed by atoms with Crippen molar-refractivity contribution in [3.05, 3.63) is 259 Å². The van der Waals surface area contributed by atoms with E-state index in [2.05, 4.69) is 261 Å². The average molecular weight is 1120 g/mol. The van der Waals surface area contributed by atoms with E-state index in [1.165, 1.54) is 21.8 Å². The third kappa shape index (κ3) is 7.19. The van der Waals surface area contributed by atoms with Crippen LogP contribution in [0.4, 0.5) is 0 Å². The minimum atomic E-state index is 0.719. The van der Waals surface area contributed by atoms with Crippen LogP contribution in [-0.4, -0.2) is 28.2 Å². The zero-order valence-corrected chi connectivity index (χ0v) is 41.4. The van der Waals surface area contributed by atoms with Crippen LogP contribution in [-0.2, 0) is 19.4 Å². The summed E-state index contributed by atoms with van der Waals surface area (Å²) in [4.78, 5) is 9.33. The summed E-state index contributed by atoms with van der Waals surface area (Å²) in [7, 11) is 0. The van der Waals surface area contributed by atoms with Crippen molar-refractivity contribution in [2.24, 2.45) is 0 Å². The zero-order valence-electron chi connectivity index (χ0n) is 39.2. The second-order valence-electron chi connectivity index (χ2n) is 18.2. The molecule has 0 atom stereocenters. The number of imidazole rings is 1. The summed E-state index contributed by atoms with van der Waals surface area (Å²) in [5.74, 6) is 2.26. The van der Waals surface area contributed by atoms with Crippen LogP contribution in [0.15, 0.2) is 255 Å². The van der Waals surface area contributed by atoms with Crippen molar-refractivity contribution in [3.8, 4) is 67.8 Å². The summed E-state index contributed by atoms with van der Waals surface area (Å²) in [5, 5.41) is 4.68. The van der Waals surface area contributed by atoms with Crippen LogP contribution in [0.1, 0.15) is 0 Å². The molecule has 0 saturated carbocycles. The summed E-state index contributed by atoms with van der Waals surface area (Å²) in [6.45, 7) is 0. The average Bonchev–Trinajstić information content (AvgIpc) is 4.08. The molecule has 73 heavy (non-hydrogen) atoms. The molecule has 0 spiro atoms. The van der Waals surface area contributed by atoms with E-state index < -0.39 is 0 Å². The molecule has 0 aliphatic carbocycles. The van der Waals surface area contributed by atoms with Crippen molar-refractivity contribution in [2.75, 3.05) is 0 Å². The summed E-state index contributed by atoms with van der Waals surface area (Å²) >= 11 is 2.50. The van der Waals surface area contributed by atoms with Crippen LogP contribution in [0, 0.1) is 3.80 Å². The molecule has 0 fully saturated rings. The number of rotatable bonds is 9. The third-order valence-electron chi connectivity index (χ3n) is 14.0. The molecule has 0 aliphatic rings. The van der Waals surface area contributed by atoms with Gasteiger partial charge in [0.15, 0.2) is 0 Å². The van der Waals surface area contributed by atoms with Crippen molar-refractivity contribution >= 4 is 54.6 Å². The summed E-state index contributed by atoms with van der Waals surface area (Å²) in [6, 6.07) is 83.8. The van der Waals surface area contributed by atoms with E-state index in [9.17, 15) is 0 Å². The van der Waals surface area contributed by atoms with Gasteiger partial charge in [-0.3, -0.25) is 4.98 Å². The third-order valence-corrected chi connectivity index (χ3v) is 15.0. The first-order valence-corrected chi connectivity index (χ1v) is 25.4. The first-order chi connectivity index (χ1) is 36.1. The maximum absolute atomic E-state index is 6.92. The Labute approximate surface area is 431 Å². The van der Waals surface area contributed by atoms with Gasteiger partial charge in [0, 0.05) is 40.6 Å². The standard InChI is InChI=1S/C65H42N6O.Pt/c1-3-15-45(16-4-1)52-23-14-24-53(46-17-5-2-6-18-46)65(52)69-43-68(61-27-11-12-28-62(61)69)48-19-13-20-50(39-48)72-51-31-32-56-57-40-49(70-58-25-9-7-21-54(58)55-22-8-10-26-59(55)70)30-33-60(57)71(63(56)41-51)64-34-29-47(42-67-64)44-35-37-66-38-36-44;/h1-42H;. The van der Waals surface area contributed by atoms with Gasteiger partial charge in [-0.15, -0.1) is 0 Å². The molecule has 0 N–H and O–H groups in total. The number of hydrogen-bond acceptors (Lipinski definition) is 3. The molecule has 0 saturated heterocycles. The Morgan fingerprint density at radius 1 is 0.342 bits per heavy atom. The van der Waals surface area contributed by atoms with Crippen LogP contribution >= 0.6 is 0 Å². The number of ether oxygens (including phenoxy) is 1. The molecular formula is C65H42N6OPt. The van der Waals surface area contributed by atoms with E-state index in [-0.39, 0.29) is 0 Å². The molecule has 9 aromatic carbocycles. The molecule has 0 bridgehead atoms. The number of aromatic nitrogens is 6. The Bertz CT molecular complexity index is 4370. The second-order valence-corrected chi connectivity index (χ2v) is 19.2. The van der Waals surface area contributed by atoms with Gasteiger partial charge >= 0.3 is 294 Å². The number of para-hydroxylation sites is 5. The topological polar surface area (TPSA) is 54.7 Å². The number of nitrogens with zero attached hydrogens (tertiary/aromatic N) is 6. The molecule has 5 aromatic heterocycles. The Morgan fingerprint density at radius 3 is 1.59 bits per heavy atom. The van der Waals surface area contributed by atoms with E-state index in [0.29, 0.717) is 0 Å².